The van der Waals surface area contributed by atoms with E-state index in [2.05, 4.69) is 20.6 Å². The average molecular weight is 310 g/mol. The summed E-state index contributed by atoms with van der Waals surface area (Å²) in [5.74, 6) is 1.24. The van der Waals surface area contributed by atoms with Gasteiger partial charge < -0.3 is 14.4 Å². The largest absolute Gasteiger partial charge is 0.363 e. The summed E-state index contributed by atoms with van der Waals surface area (Å²) in [5, 5.41) is 10.5. The highest BCUT2D eigenvalue weighted by Crippen LogP contribution is 2.38. The number of rotatable bonds is 5. The second kappa shape index (κ2) is 5.68. The van der Waals surface area contributed by atoms with E-state index >= 15 is 0 Å². The lowest BCUT2D eigenvalue weighted by molar-refractivity contribution is 0.0949. The quantitative estimate of drug-likeness (QED) is 0.778. The van der Waals surface area contributed by atoms with Crippen LogP contribution in [0.15, 0.2) is 45.6 Å². The van der Waals surface area contributed by atoms with E-state index in [-0.39, 0.29) is 12.5 Å². The van der Waals surface area contributed by atoms with Crippen LogP contribution in [0.5, 0.6) is 0 Å². The summed E-state index contributed by atoms with van der Waals surface area (Å²) in [6.07, 6.45) is 3.52. The number of carbonyl (C=O) groups excluding carboxylic acids is 1. The van der Waals surface area contributed by atoms with Gasteiger partial charge in [0.25, 0.3) is 5.91 Å². The Kier molecular flexibility index (Phi) is 3.38. The van der Waals surface area contributed by atoms with Crippen LogP contribution in [0.4, 0.5) is 0 Å². The lowest BCUT2D eigenvalue weighted by Gasteiger charge is -2.02. The molecule has 1 aromatic carbocycles. The van der Waals surface area contributed by atoms with Crippen LogP contribution >= 0.6 is 0 Å². The smallest absolute Gasteiger partial charge is 0.257 e. The minimum Gasteiger partial charge on any atom is -0.363 e. The predicted octanol–water partition coefficient (Wildman–Crippen LogP) is 2.53. The molecule has 1 aliphatic rings. The van der Waals surface area contributed by atoms with Gasteiger partial charge in [0.15, 0.2) is 5.82 Å². The fourth-order valence-electron chi connectivity index (χ4n) is 2.29. The highest BCUT2D eigenvalue weighted by Gasteiger charge is 2.29. The van der Waals surface area contributed by atoms with Gasteiger partial charge in [0, 0.05) is 11.5 Å². The molecule has 7 nitrogen and oxygen atoms in total. The van der Waals surface area contributed by atoms with Crippen molar-refractivity contribution in [2.45, 2.75) is 25.3 Å². The highest BCUT2D eigenvalue weighted by atomic mass is 16.5. The maximum Gasteiger partial charge on any atom is 0.257 e. The van der Waals surface area contributed by atoms with Crippen LogP contribution in [0.1, 0.15) is 40.8 Å². The van der Waals surface area contributed by atoms with Crippen molar-refractivity contribution >= 4 is 5.91 Å². The van der Waals surface area contributed by atoms with Crippen LogP contribution in [-0.4, -0.2) is 21.2 Å². The van der Waals surface area contributed by atoms with Crippen molar-refractivity contribution < 1.29 is 13.8 Å². The molecule has 1 fully saturated rings. The van der Waals surface area contributed by atoms with E-state index in [4.69, 9.17) is 9.05 Å². The van der Waals surface area contributed by atoms with Crippen molar-refractivity contribution in [3.63, 3.8) is 0 Å². The molecule has 0 bridgehead atoms. The molecule has 1 amide bonds. The first kappa shape index (κ1) is 13.7. The van der Waals surface area contributed by atoms with Crippen molar-refractivity contribution in [2.75, 3.05) is 0 Å². The summed E-state index contributed by atoms with van der Waals surface area (Å²) < 4.78 is 10.1. The molecule has 0 spiro atoms. The molecule has 0 atom stereocenters. The standard InChI is InChI=1S/C16H14N4O3/c21-15(17-8-13-18-16(23-19-13)11-6-7-11)12-9-22-20-14(12)10-4-2-1-3-5-10/h1-5,9,11H,6-8H2,(H,17,21). The van der Waals surface area contributed by atoms with Crippen molar-refractivity contribution in [3.05, 3.63) is 53.9 Å². The molecular formula is C16H14N4O3. The number of nitrogens with one attached hydrogen (secondary N) is 1. The molecule has 0 saturated heterocycles. The second-order valence-corrected chi connectivity index (χ2v) is 5.45. The molecule has 23 heavy (non-hydrogen) atoms. The average Bonchev–Trinajstić information content (AvgIpc) is 3.14. The van der Waals surface area contributed by atoms with Crippen LogP contribution in [0, 0.1) is 0 Å². The number of carbonyl (C=O) groups is 1. The van der Waals surface area contributed by atoms with E-state index in [9.17, 15) is 4.79 Å². The van der Waals surface area contributed by atoms with Crippen molar-refractivity contribution in [3.8, 4) is 11.3 Å². The van der Waals surface area contributed by atoms with Gasteiger partial charge in [-0.3, -0.25) is 4.79 Å². The third kappa shape index (κ3) is 2.85. The lowest BCUT2D eigenvalue weighted by atomic mass is 10.1. The maximum atomic E-state index is 12.3. The van der Waals surface area contributed by atoms with E-state index in [0.29, 0.717) is 28.9 Å². The molecular weight excluding hydrogens is 296 g/mol. The van der Waals surface area contributed by atoms with Crippen molar-refractivity contribution in [2.24, 2.45) is 0 Å². The molecule has 0 unspecified atom stereocenters. The number of hydrogen-bond acceptors (Lipinski definition) is 6. The molecule has 116 valence electrons. The lowest BCUT2D eigenvalue weighted by Crippen LogP contribution is -2.23. The Morgan fingerprint density at radius 2 is 2.04 bits per heavy atom. The SMILES string of the molecule is O=C(NCc1noc(C2CC2)n1)c1conc1-c1ccccc1. The second-order valence-electron chi connectivity index (χ2n) is 5.45. The van der Waals surface area contributed by atoms with Gasteiger partial charge in [0.05, 0.1) is 6.54 Å². The summed E-state index contributed by atoms with van der Waals surface area (Å²) in [7, 11) is 0. The number of aromatic nitrogens is 3. The van der Waals surface area contributed by atoms with Gasteiger partial charge >= 0.3 is 0 Å². The molecule has 4 rings (SSSR count). The van der Waals surface area contributed by atoms with Crippen LogP contribution in [0.3, 0.4) is 0 Å². The normalized spacial score (nSPS) is 13.9. The Bertz CT molecular complexity index is 821. The zero-order chi connectivity index (χ0) is 15.6. The predicted molar refractivity (Wildman–Crippen MR) is 79.4 cm³/mol. The Balaban J connectivity index is 1.46. The molecule has 0 aliphatic heterocycles. The Morgan fingerprint density at radius 3 is 2.83 bits per heavy atom. The number of amides is 1. The van der Waals surface area contributed by atoms with Gasteiger partial charge in [0.1, 0.15) is 17.5 Å². The molecule has 2 heterocycles. The third-order valence-corrected chi connectivity index (χ3v) is 3.68. The van der Waals surface area contributed by atoms with Gasteiger partial charge in [-0.25, -0.2) is 0 Å². The highest BCUT2D eigenvalue weighted by molar-refractivity contribution is 5.99. The number of nitrogens with zero attached hydrogens (tertiary/aromatic N) is 3. The van der Waals surface area contributed by atoms with Crippen molar-refractivity contribution in [1.29, 1.82) is 0 Å². The molecule has 1 saturated carbocycles. The Labute approximate surface area is 131 Å². The number of hydrogen-bond donors (Lipinski definition) is 1. The van der Waals surface area contributed by atoms with Gasteiger partial charge in [-0.2, -0.15) is 4.98 Å². The topological polar surface area (TPSA) is 94.1 Å². The molecule has 7 heteroatoms. The van der Waals surface area contributed by atoms with Gasteiger partial charge in [-0.1, -0.05) is 40.6 Å². The van der Waals surface area contributed by atoms with E-state index in [1.807, 2.05) is 30.3 Å². The third-order valence-electron chi connectivity index (χ3n) is 3.68. The van der Waals surface area contributed by atoms with E-state index in [1.54, 1.807) is 0 Å². The first-order valence-corrected chi connectivity index (χ1v) is 7.42. The Hall–Kier alpha value is -2.96. The van der Waals surface area contributed by atoms with E-state index in [1.165, 1.54) is 6.26 Å². The Morgan fingerprint density at radius 1 is 1.22 bits per heavy atom. The maximum absolute atomic E-state index is 12.3. The van der Waals surface area contributed by atoms with Gasteiger partial charge in [-0.15, -0.1) is 0 Å². The summed E-state index contributed by atoms with van der Waals surface area (Å²) in [6.45, 7) is 0.203. The minimum absolute atomic E-state index is 0.203. The van der Waals surface area contributed by atoms with Crippen molar-refractivity contribution in [1.82, 2.24) is 20.6 Å². The first-order valence-electron chi connectivity index (χ1n) is 7.42. The first-order chi connectivity index (χ1) is 11.3. The summed E-state index contributed by atoms with van der Waals surface area (Å²) in [6, 6.07) is 9.40. The zero-order valence-electron chi connectivity index (χ0n) is 12.2. The van der Waals surface area contributed by atoms with Crippen LogP contribution in [0.25, 0.3) is 11.3 Å². The van der Waals surface area contributed by atoms with E-state index in [0.717, 1.165) is 18.4 Å². The summed E-state index contributed by atoms with van der Waals surface area (Å²) in [5.41, 5.74) is 1.71. The van der Waals surface area contributed by atoms with E-state index < -0.39 is 0 Å². The minimum atomic E-state index is -0.289. The summed E-state index contributed by atoms with van der Waals surface area (Å²) in [4.78, 5) is 16.6. The molecule has 0 radical (unpaired) electrons. The molecule has 1 N–H and O–H groups in total. The van der Waals surface area contributed by atoms with Gasteiger partial charge in [-0.05, 0) is 12.8 Å². The molecule has 1 aliphatic carbocycles. The zero-order valence-corrected chi connectivity index (χ0v) is 12.2. The van der Waals surface area contributed by atoms with Crippen LogP contribution < -0.4 is 5.32 Å². The molecule has 3 aromatic rings. The number of benzene rings is 1. The fourth-order valence-corrected chi connectivity index (χ4v) is 2.29. The molecule has 2 aromatic heterocycles. The van der Waals surface area contributed by atoms with Crippen LogP contribution in [0.2, 0.25) is 0 Å². The summed E-state index contributed by atoms with van der Waals surface area (Å²) >= 11 is 0. The monoisotopic (exact) mass is 310 g/mol. The van der Waals surface area contributed by atoms with Crippen LogP contribution in [-0.2, 0) is 6.54 Å². The fraction of sp³-hybridized carbons (Fsp3) is 0.250. The van der Waals surface area contributed by atoms with Gasteiger partial charge in [0.2, 0.25) is 5.89 Å².